The Morgan fingerprint density at radius 2 is 2.04 bits per heavy atom. The molecular weight excluding hydrogens is 336 g/mol. The Balaban J connectivity index is 1.64. The SMILES string of the molecule is COc1ccc(-n2ccnc2SCC(=O)Nc2cccc(C)n2)cc1. The number of thioether (sulfide) groups is 1. The third-order valence-electron chi connectivity index (χ3n) is 3.45. The third kappa shape index (κ3) is 4.39. The maximum atomic E-state index is 12.1. The summed E-state index contributed by atoms with van der Waals surface area (Å²) in [6.07, 6.45) is 3.58. The molecule has 1 N–H and O–H groups in total. The Morgan fingerprint density at radius 3 is 2.76 bits per heavy atom. The largest absolute Gasteiger partial charge is 0.497 e. The molecule has 0 radical (unpaired) electrons. The number of benzene rings is 1. The van der Waals surface area contributed by atoms with E-state index in [1.807, 2.05) is 54.1 Å². The van der Waals surface area contributed by atoms with Gasteiger partial charge in [0.05, 0.1) is 12.9 Å². The lowest BCUT2D eigenvalue weighted by Gasteiger charge is -2.09. The minimum absolute atomic E-state index is 0.118. The molecule has 0 saturated heterocycles. The Labute approximate surface area is 150 Å². The van der Waals surface area contributed by atoms with E-state index in [1.54, 1.807) is 19.4 Å². The summed E-state index contributed by atoms with van der Waals surface area (Å²) < 4.78 is 7.10. The van der Waals surface area contributed by atoms with Crippen molar-refractivity contribution in [3.05, 3.63) is 60.6 Å². The number of amides is 1. The van der Waals surface area contributed by atoms with Crippen LogP contribution in [0.1, 0.15) is 5.69 Å². The van der Waals surface area contributed by atoms with E-state index >= 15 is 0 Å². The van der Waals surface area contributed by atoms with Crippen molar-refractivity contribution in [1.82, 2.24) is 14.5 Å². The second-order valence-corrected chi connectivity index (χ2v) is 6.22. The number of carbonyl (C=O) groups is 1. The number of methoxy groups -OCH3 is 1. The van der Waals surface area contributed by atoms with E-state index in [1.165, 1.54) is 11.8 Å². The number of aromatic nitrogens is 3. The van der Waals surface area contributed by atoms with Crippen LogP contribution in [0.15, 0.2) is 60.0 Å². The maximum Gasteiger partial charge on any atom is 0.236 e. The molecule has 3 rings (SSSR count). The highest BCUT2D eigenvalue weighted by molar-refractivity contribution is 7.99. The van der Waals surface area contributed by atoms with Crippen LogP contribution in [0.5, 0.6) is 5.75 Å². The summed E-state index contributed by atoms with van der Waals surface area (Å²) in [7, 11) is 1.63. The molecule has 0 aliphatic heterocycles. The average Bonchev–Trinajstić information content (AvgIpc) is 3.08. The number of anilines is 1. The molecule has 0 aliphatic rings. The van der Waals surface area contributed by atoms with Gasteiger partial charge >= 0.3 is 0 Å². The van der Waals surface area contributed by atoms with Crippen molar-refractivity contribution in [3.8, 4) is 11.4 Å². The zero-order valence-corrected chi connectivity index (χ0v) is 14.8. The summed E-state index contributed by atoms with van der Waals surface area (Å²) >= 11 is 1.37. The van der Waals surface area contributed by atoms with Crippen LogP contribution in [0.3, 0.4) is 0 Å². The van der Waals surface area contributed by atoms with Crippen LogP contribution in [0.25, 0.3) is 5.69 Å². The van der Waals surface area contributed by atoms with Gasteiger partial charge in [-0.15, -0.1) is 0 Å². The number of rotatable bonds is 6. The van der Waals surface area contributed by atoms with Crippen LogP contribution in [0.2, 0.25) is 0 Å². The second kappa shape index (κ2) is 7.85. The molecule has 25 heavy (non-hydrogen) atoms. The van der Waals surface area contributed by atoms with Crippen molar-refractivity contribution in [2.24, 2.45) is 0 Å². The number of hydrogen-bond acceptors (Lipinski definition) is 5. The standard InChI is InChI=1S/C18H18N4O2S/c1-13-4-3-5-16(20-13)21-17(23)12-25-18-19-10-11-22(18)14-6-8-15(24-2)9-7-14/h3-11H,12H2,1-2H3,(H,20,21,23). The highest BCUT2D eigenvalue weighted by Crippen LogP contribution is 2.22. The monoisotopic (exact) mass is 354 g/mol. The first-order chi connectivity index (χ1) is 12.2. The first-order valence-corrected chi connectivity index (χ1v) is 8.68. The summed E-state index contributed by atoms with van der Waals surface area (Å²) in [5, 5.41) is 3.54. The average molecular weight is 354 g/mol. The molecule has 7 heteroatoms. The molecule has 1 amide bonds. The zero-order chi connectivity index (χ0) is 17.6. The molecule has 1 aromatic carbocycles. The van der Waals surface area contributed by atoms with Crippen LogP contribution < -0.4 is 10.1 Å². The molecule has 2 aromatic heterocycles. The summed E-state index contributed by atoms with van der Waals surface area (Å²) in [6, 6.07) is 13.2. The van der Waals surface area contributed by atoms with Crippen LogP contribution in [-0.4, -0.2) is 33.3 Å². The van der Waals surface area contributed by atoms with Gasteiger partial charge in [0.2, 0.25) is 5.91 Å². The Morgan fingerprint density at radius 1 is 1.24 bits per heavy atom. The number of ether oxygens (including phenoxy) is 1. The Bertz CT molecular complexity index is 862. The molecule has 0 atom stereocenters. The van der Waals surface area contributed by atoms with E-state index in [0.717, 1.165) is 22.3 Å². The highest BCUT2D eigenvalue weighted by atomic mass is 32.2. The van der Waals surface area contributed by atoms with Gasteiger partial charge in [-0.3, -0.25) is 9.36 Å². The van der Waals surface area contributed by atoms with Gasteiger partial charge in [-0.1, -0.05) is 17.8 Å². The topological polar surface area (TPSA) is 69.0 Å². The van der Waals surface area contributed by atoms with Gasteiger partial charge in [-0.05, 0) is 43.3 Å². The fourth-order valence-corrected chi connectivity index (χ4v) is 3.03. The van der Waals surface area contributed by atoms with Gasteiger partial charge in [0, 0.05) is 23.8 Å². The quantitative estimate of drug-likeness (QED) is 0.688. The van der Waals surface area contributed by atoms with Gasteiger partial charge < -0.3 is 10.1 Å². The fourth-order valence-electron chi connectivity index (χ4n) is 2.26. The zero-order valence-electron chi connectivity index (χ0n) is 14.0. The highest BCUT2D eigenvalue weighted by Gasteiger charge is 2.10. The second-order valence-electron chi connectivity index (χ2n) is 5.28. The fraction of sp³-hybridized carbons (Fsp3) is 0.167. The lowest BCUT2D eigenvalue weighted by Crippen LogP contribution is -2.15. The van der Waals surface area contributed by atoms with Gasteiger partial charge in [0.1, 0.15) is 11.6 Å². The number of carbonyl (C=O) groups excluding carboxylic acids is 1. The minimum atomic E-state index is -0.118. The summed E-state index contributed by atoms with van der Waals surface area (Å²) in [5.74, 6) is 1.49. The Hall–Kier alpha value is -2.80. The summed E-state index contributed by atoms with van der Waals surface area (Å²) in [4.78, 5) is 20.7. The predicted molar refractivity (Wildman–Crippen MR) is 98.4 cm³/mol. The smallest absolute Gasteiger partial charge is 0.236 e. The Kier molecular flexibility index (Phi) is 5.35. The third-order valence-corrected chi connectivity index (χ3v) is 4.41. The molecular formula is C18H18N4O2S. The van der Waals surface area contributed by atoms with Crippen LogP contribution in [0, 0.1) is 6.92 Å². The van der Waals surface area contributed by atoms with E-state index in [4.69, 9.17) is 4.74 Å². The molecule has 0 unspecified atom stereocenters. The lowest BCUT2D eigenvalue weighted by molar-refractivity contribution is -0.113. The summed E-state index contributed by atoms with van der Waals surface area (Å²) in [5.41, 5.74) is 1.82. The van der Waals surface area contributed by atoms with Crippen LogP contribution in [-0.2, 0) is 4.79 Å². The first-order valence-electron chi connectivity index (χ1n) is 7.70. The minimum Gasteiger partial charge on any atom is -0.497 e. The molecule has 2 heterocycles. The van der Waals surface area contributed by atoms with E-state index < -0.39 is 0 Å². The molecule has 128 valence electrons. The normalized spacial score (nSPS) is 10.5. The lowest BCUT2D eigenvalue weighted by atomic mass is 10.3. The van der Waals surface area contributed by atoms with Crippen LogP contribution in [0.4, 0.5) is 5.82 Å². The number of nitrogens with one attached hydrogen (secondary N) is 1. The molecule has 0 fully saturated rings. The first kappa shape index (κ1) is 17.0. The van der Waals surface area contributed by atoms with E-state index in [-0.39, 0.29) is 11.7 Å². The van der Waals surface area contributed by atoms with Gasteiger partial charge in [0.15, 0.2) is 5.16 Å². The van der Waals surface area contributed by atoms with E-state index in [9.17, 15) is 4.79 Å². The maximum absolute atomic E-state index is 12.1. The predicted octanol–water partition coefficient (Wildman–Crippen LogP) is 3.32. The van der Waals surface area contributed by atoms with Crippen molar-refractivity contribution in [2.45, 2.75) is 12.1 Å². The van der Waals surface area contributed by atoms with Gasteiger partial charge in [-0.2, -0.15) is 0 Å². The molecule has 0 spiro atoms. The van der Waals surface area contributed by atoms with E-state index in [0.29, 0.717) is 5.82 Å². The molecule has 0 saturated carbocycles. The number of hydrogen-bond donors (Lipinski definition) is 1. The van der Waals surface area contributed by atoms with Gasteiger partial charge in [0.25, 0.3) is 0 Å². The number of imidazole rings is 1. The molecule has 0 bridgehead atoms. The molecule has 6 nitrogen and oxygen atoms in total. The summed E-state index contributed by atoms with van der Waals surface area (Å²) in [6.45, 7) is 1.88. The van der Waals surface area contributed by atoms with Crippen molar-refractivity contribution in [3.63, 3.8) is 0 Å². The van der Waals surface area contributed by atoms with Crippen molar-refractivity contribution < 1.29 is 9.53 Å². The van der Waals surface area contributed by atoms with E-state index in [2.05, 4.69) is 15.3 Å². The molecule has 3 aromatic rings. The van der Waals surface area contributed by atoms with Gasteiger partial charge in [-0.25, -0.2) is 9.97 Å². The number of aryl methyl sites for hydroxylation is 1. The molecule has 0 aliphatic carbocycles. The van der Waals surface area contributed by atoms with Crippen molar-refractivity contribution in [2.75, 3.05) is 18.2 Å². The van der Waals surface area contributed by atoms with Crippen molar-refractivity contribution in [1.29, 1.82) is 0 Å². The van der Waals surface area contributed by atoms with Crippen LogP contribution >= 0.6 is 11.8 Å². The van der Waals surface area contributed by atoms with Crippen molar-refractivity contribution >= 4 is 23.5 Å². The number of nitrogens with zero attached hydrogens (tertiary/aromatic N) is 3. The number of pyridine rings is 1.